The number of nitrogens with zero attached hydrogens (tertiary/aromatic N) is 1. The molecule has 1 aliphatic rings. The summed E-state index contributed by atoms with van der Waals surface area (Å²) in [6, 6.07) is 8.29. The molecule has 0 saturated carbocycles. The molecule has 1 unspecified atom stereocenters. The van der Waals surface area contributed by atoms with Crippen LogP contribution >= 0.6 is 0 Å². The van der Waals surface area contributed by atoms with Gasteiger partial charge in [0.1, 0.15) is 5.75 Å². The van der Waals surface area contributed by atoms with Crippen LogP contribution in [0.25, 0.3) is 0 Å². The second kappa shape index (κ2) is 6.64. The van der Waals surface area contributed by atoms with E-state index in [0.29, 0.717) is 0 Å². The van der Waals surface area contributed by atoms with Crippen LogP contribution in [0.2, 0.25) is 0 Å². The van der Waals surface area contributed by atoms with Gasteiger partial charge in [-0.2, -0.15) is 0 Å². The van der Waals surface area contributed by atoms with Gasteiger partial charge < -0.3 is 15.0 Å². The fourth-order valence-corrected chi connectivity index (χ4v) is 2.51. The van der Waals surface area contributed by atoms with Crippen LogP contribution in [0.15, 0.2) is 24.3 Å². The van der Waals surface area contributed by atoms with E-state index >= 15 is 0 Å². The fourth-order valence-electron chi connectivity index (χ4n) is 2.51. The van der Waals surface area contributed by atoms with Crippen molar-refractivity contribution in [3.05, 3.63) is 24.3 Å². The van der Waals surface area contributed by atoms with Crippen molar-refractivity contribution in [3.8, 4) is 5.75 Å². The molecule has 1 atom stereocenters. The van der Waals surface area contributed by atoms with Gasteiger partial charge in [-0.3, -0.25) is 0 Å². The summed E-state index contributed by atoms with van der Waals surface area (Å²) in [4.78, 5) is 2.31. The van der Waals surface area contributed by atoms with E-state index in [4.69, 9.17) is 4.74 Å². The first-order valence-corrected chi connectivity index (χ1v) is 6.95. The van der Waals surface area contributed by atoms with Crippen LogP contribution in [0.3, 0.4) is 0 Å². The largest absolute Gasteiger partial charge is 0.492 e. The maximum absolute atomic E-state index is 5.68. The molecule has 0 aromatic heterocycles. The predicted molar refractivity (Wildman–Crippen MR) is 76.5 cm³/mol. The van der Waals surface area contributed by atoms with Crippen molar-refractivity contribution < 1.29 is 4.74 Å². The molecule has 1 aliphatic heterocycles. The molecule has 3 nitrogen and oxygen atoms in total. The lowest BCUT2D eigenvalue weighted by Gasteiger charge is -2.23. The van der Waals surface area contributed by atoms with Crippen molar-refractivity contribution in [2.45, 2.75) is 19.8 Å². The summed E-state index contributed by atoms with van der Waals surface area (Å²) < 4.78 is 5.68. The van der Waals surface area contributed by atoms with Crippen LogP contribution in [0.1, 0.15) is 19.8 Å². The SMILES string of the molecule is CCOc1ccccc1N(C)CCC1CCNC1. The molecule has 18 heavy (non-hydrogen) atoms. The zero-order valence-corrected chi connectivity index (χ0v) is 11.5. The summed E-state index contributed by atoms with van der Waals surface area (Å²) in [7, 11) is 2.15. The molecule has 0 radical (unpaired) electrons. The number of hydrogen-bond donors (Lipinski definition) is 1. The highest BCUT2D eigenvalue weighted by Crippen LogP contribution is 2.27. The summed E-state index contributed by atoms with van der Waals surface area (Å²) in [5.41, 5.74) is 1.20. The molecule has 1 saturated heterocycles. The molecule has 1 fully saturated rings. The number of nitrogens with one attached hydrogen (secondary N) is 1. The Morgan fingerprint density at radius 2 is 2.22 bits per heavy atom. The van der Waals surface area contributed by atoms with E-state index in [2.05, 4.69) is 29.4 Å². The van der Waals surface area contributed by atoms with Crippen LogP contribution in [-0.2, 0) is 0 Å². The molecule has 1 aromatic rings. The normalized spacial score (nSPS) is 18.9. The van der Waals surface area contributed by atoms with Gasteiger partial charge >= 0.3 is 0 Å². The Bertz CT molecular complexity index is 361. The number of rotatable bonds is 6. The van der Waals surface area contributed by atoms with Gasteiger partial charge in [-0.15, -0.1) is 0 Å². The first-order chi connectivity index (χ1) is 8.81. The van der Waals surface area contributed by atoms with Crippen LogP contribution in [0.4, 0.5) is 5.69 Å². The first kappa shape index (κ1) is 13.2. The third-order valence-corrected chi connectivity index (χ3v) is 3.61. The van der Waals surface area contributed by atoms with Gasteiger partial charge in [-0.1, -0.05) is 12.1 Å². The number of hydrogen-bond acceptors (Lipinski definition) is 3. The van der Waals surface area contributed by atoms with Crippen molar-refractivity contribution in [1.29, 1.82) is 0 Å². The van der Waals surface area contributed by atoms with E-state index in [1.54, 1.807) is 0 Å². The average Bonchev–Trinajstić information content (AvgIpc) is 2.90. The quantitative estimate of drug-likeness (QED) is 0.837. The molecule has 0 bridgehead atoms. The van der Waals surface area contributed by atoms with E-state index in [-0.39, 0.29) is 0 Å². The number of para-hydroxylation sites is 2. The van der Waals surface area contributed by atoms with Gasteiger partial charge in [-0.05, 0) is 50.9 Å². The fraction of sp³-hybridized carbons (Fsp3) is 0.600. The second-order valence-corrected chi connectivity index (χ2v) is 4.97. The van der Waals surface area contributed by atoms with E-state index < -0.39 is 0 Å². The molecule has 0 aliphatic carbocycles. The zero-order chi connectivity index (χ0) is 12.8. The lowest BCUT2D eigenvalue weighted by Crippen LogP contribution is -2.22. The summed E-state index contributed by atoms with van der Waals surface area (Å²) in [5, 5.41) is 3.42. The average molecular weight is 248 g/mol. The molecule has 0 amide bonds. The van der Waals surface area contributed by atoms with E-state index in [9.17, 15) is 0 Å². The third kappa shape index (κ3) is 3.39. The van der Waals surface area contributed by atoms with Gasteiger partial charge in [0.25, 0.3) is 0 Å². The highest BCUT2D eigenvalue weighted by Gasteiger charge is 2.15. The monoisotopic (exact) mass is 248 g/mol. The molecule has 3 heteroatoms. The Labute approximate surface area is 110 Å². The Morgan fingerprint density at radius 1 is 1.39 bits per heavy atom. The van der Waals surface area contributed by atoms with Crippen LogP contribution in [-0.4, -0.2) is 33.3 Å². The highest BCUT2D eigenvalue weighted by molar-refractivity contribution is 5.57. The van der Waals surface area contributed by atoms with Crippen molar-refractivity contribution in [1.82, 2.24) is 5.32 Å². The molecular formula is C15H24N2O. The minimum Gasteiger partial charge on any atom is -0.492 e. The molecule has 1 N–H and O–H groups in total. The summed E-state index contributed by atoms with van der Waals surface area (Å²) in [5.74, 6) is 1.83. The van der Waals surface area contributed by atoms with E-state index in [1.165, 1.54) is 31.6 Å². The van der Waals surface area contributed by atoms with Crippen molar-refractivity contribution in [3.63, 3.8) is 0 Å². The summed E-state index contributed by atoms with van der Waals surface area (Å²) in [6.07, 6.45) is 2.57. The highest BCUT2D eigenvalue weighted by atomic mass is 16.5. The van der Waals surface area contributed by atoms with Crippen molar-refractivity contribution in [2.75, 3.05) is 38.2 Å². The predicted octanol–water partition coefficient (Wildman–Crippen LogP) is 2.52. The van der Waals surface area contributed by atoms with Gasteiger partial charge in [0.15, 0.2) is 0 Å². The Hall–Kier alpha value is -1.22. The maximum atomic E-state index is 5.68. The zero-order valence-electron chi connectivity index (χ0n) is 11.5. The molecule has 2 rings (SSSR count). The Morgan fingerprint density at radius 3 is 2.94 bits per heavy atom. The minimum absolute atomic E-state index is 0.720. The molecule has 1 heterocycles. The van der Waals surface area contributed by atoms with Gasteiger partial charge in [0.2, 0.25) is 0 Å². The molecule has 100 valence electrons. The van der Waals surface area contributed by atoms with Gasteiger partial charge in [-0.25, -0.2) is 0 Å². The molecule has 0 spiro atoms. The van der Waals surface area contributed by atoms with E-state index in [1.807, 2.05) is 19.1 Å². The lowest BCUT2D eigenvalue weighted by molar-refractivity contribution is 0.340. The van der Waals surface area contributed by atoms with Crippen molar-refractivity contribution >= 4 is 5.69 Å². The number of anilines is 1. The van der Waals surface area contributed by atoms with Gasteiger partial charge in [0.05, 0.1) is 12.3 Å². The van der Waals surface area contributed by atoms with Crippen LogP contribution in [0.5, 0.6) is 5.75 Å². The first-order valence-electron chi connectivity index (χ1n) is 6.95. The Kier molecular flexibility index (Phi) is 4.88. The van der Waals surface area contributed by atoms with E-state index in [0.717, 1.165) is 24.8 Å². The smallest absolute Gasteiger partial charge is 0.142 e. The van der Waals surface area contributed by atoms with Crippen LogP contribution < -0.4 is 15.0 Å². The molecule has 1 aromatic carbocycles. The summed E-state index contributed by atoms with van der Waals surface area (Å²) >= 11 is 0. The minimum atomic E-state index is 0.720. The Balaban J connectivity index is 1.92. The number of ether oxygens (including phenoxy) is 1. The topological polar surface area (TPSA) is 24.5 Å². The molecular weight excluding hydrogens is 224 g/mol. The third-order valence-electron chi connectivity index (χ3n) is 3.61. The number of benzene rings is 1. The lowest BCUT2D eigenvalue weighted by atomic mass is 10.0. The van der Waals surface area contributed by atoms with Crippen LogP contribution in [0, 0.1) is 5.92 Å². The standard InChI is InChI=1S/C15H24N2O/c1-3-18-15-7-5-4-6-14(15)17(2)11-9-13-8-10-16-12-13/h4-7,13,16H,3,8-12H2,1-2H3. The second-order valence-electron chi connectivity index (χ2n) is 4.97. The van der Waals surface area contributed by atoms with Gasteiger partial charge in [0, 0.05) is 13.6 Å². The van der Waals surface area contributed by atoms with Crippen molar-refractivity contribution in [2.24, 2.45) is 5.92 Å². The summed E-state index contributed by atoms with van der Waals surface area (Å²) in [6.45, 7) is 6.21. The maximum Gasteiger partial charge on any atom is 0.142 e.